The van der Waals surface area contributed by atoms with E-state index in [0.717, 1.165) is 0 Å². The van der Waals surface area contributed by atoms with Crippen molar-refractivity contribution < 1.29 is 22.7 Å². The minimum Gasteiger partial charge on any atom is -0.497 e. The Kier molecular flexibility index (Phi) is 5.77. The van der Waals surface area contributed by atoms with Gasteiger partial charge in [-0.1, -0.05) is 6.07 Å². The molecule has 0 bridgehead atoms. The molecule has 9 heteroatoms. The number of carbonyl (C=O) groups excluding carboxylic acids is 1. The van der Waals surface area contributed by atoms with Crippen LogP contribution in [0, 0.1) is 0 Å². The van der Waals surface area contributed by atoms with E-state index in [4.69, 9.17) is 9.47 Å². The van der Waals surface area contributed by atoms with Crippen LogP contribution in [-0.4, -0.2) is 38.7 Å². The topological polar surface area (TPSA) is 97.8 Å². The third-order valence-corrected chi connectivity index (χ3v) is 6.66. The molecule has 0 unspecified atom stereocenters. The van der Waals surface area contributed by atoms with Crippen LogP contribution in [0.1, 0.15) is 16.8 Å². The summed E-state index contributed by atoms with van der Waals surface area (Å²) >= 11 is 0. The molecule has 31 heavy (non-hydrogen) atoms. The monoisotopic (exact) mass is 439 g/mol. The van der Waals surface area contributed by atoms with E-state index < -0.39 is 15.9 Å². The zero-order chi connectivity index (χ0) is 21.8. The van der Waals surface area contributed by atoms with E-state index in [1.165, 1.54) is 4.31 Å². The van der Waals surface area contributed by atoms with Crippen molar-refractivity contribution >= 4 is 27.3 Å². The summed E-state index contributed by atoms with van der Waals surface area (Å²) in [5.41, 5.74) is 1.20. The van der Waals surface area contributed by atoms with E-state index >= 15 is 0 Å². The molecule has 0 atom stereocenters. The predicted octanol–water partition coefficient (Wildman–Crippen LogP) is 3.67. The number of hydrogen-bond donors (Lipinski definition) is 1. The molecule has 0 aliphatic carbocycles. The first-order chi connectivity index (χ1) is 15.0. The van der Waals surface area contributed by atoms with Crippen molar-refractivity contribution in [3.63, 3.8) is 0 Å². The Labute approximate surface area is 180 Å². The van der Waals surface area contributed by atoms with E-state index in [-0.39, 0.29) is 11.6 Å². The lowest BCUT2D eigenvalue weighted by Crippen LogP contribution is -2.25. The number of amides is 1. The molecule has 1 saturated heterocycles. The normalized spacial score (nSPS) is 14.8. The molecule has 1 aromatic heterocycles. The van der Waals surface area contributed by atoms with Gasteiger partial charge in [0.1, 0.15) is 17.2 Å². The summed E-state index contributed by atoms with van der Waals surface area (Å²) in [7, 11) is -1.75. The molecule has 1 aliphatic rings. The molecule has 0 spiro atoms. The first-order valence-electron chi connectivity index (χ1n) is 9.65. The number of benzene rings is 2. The maximum atomic E-state index is 12.9. The third-order valence-electron chi connectivity index (χ3n) is 4.79. The highest BCUT2D eigenvalue weighted by atomic mass is 32.2. The van der Waals surface area contributed by atoms with Gasteiger partial charge in [0.05, 0.1) is 18.6 Å². The summed E-state index contributed by atoms with van der Waals surface area (Å²) in [6, 6.07) is 16.9. The average Bonchev–Trinajstić information content (AvgIpc) is 3.14. The number of aromatic nitrogens is 1. The zero-order valence-corrected chi connectivity index (χ0v) is 17.6. The molecule has 1 aliphatic heterocycles. The Morgan fingerprint density at radius 3 is 2.55 bits per heavy atom. The Morgan fingerprint density at radius 2 is 1.84 bits per heavy atom. The van der Waals surface area contributed by atoms with Crippen LogP contribution >= 0.6 is 0 Å². The predicted molar refractivity (Wildman–Crippen MR) is 117 cm³/mol. The van der Waals surface area contributed by atoms with Gasteiger partial charge in [-0.3, -0.25) is 9.10 Å². The van der Waals surface area contributed by atoms with Crippen LogP contribution in [-0.2, 0) is 10.0 Å². The molecular formula is C22H21N3O5S. The van der Waals surface area contributed by atoms with Crippen molar-refractivity contribution in [1.29, 1.82) is 0 Å². The van der Waals surface area contributed by atoms with E-state index in [1.54, 1.807) is 74.0 Å². The number of carbonyl (C=O) groups is 1. The number of nitrogens with one attached hydrogen (secondary N) is 1. The number of pyridine rings is 1. The molecule has 1 N–H and O–H groups in total. The Morgan fingerprint density at radius 1 is 1.06 bits per heavy atom. The van der Waals surface area contributed by atoms with Gasteiger partial charge >= 0.3 is 0 Å². The lowest BCUT2D eigenvalue weighted by molar-refractivity contribution is 0.102. The lowest BCUT2D eigenvalue weighted by Gasteiger charge is -2.17. The molecule has 8 nitrogen and oxygen atoms in total. The number of ether oxygens (including phenoxy) is 2. The van der Waals surface area contributed by atoms with Crippen LogP contribution < -0.4 is 19.1 Å². The summed E-state index contributed by atoms with van der Waals surface area (Å²) in [5, 5.41) is 2.79. The van der Waals surface area contributed by atoms with Crippen LogP contribution in [0.15, 0.2) is 66.9 Å². The van der Waals surface area contributed by atoms with Crippen LogP contribution in [0.25, 0.3) is 0 Å². The van der Waals surface area contributed by atoms with Crippen LogP contribution in [0.2, 0.25) is 0 Å². The average molecular weight is 439 g/mol. The fourth-order valence-corrected chi connectivity index (χ4v) is 4.81. The zero-order valence-electron chi connectivity index (χ0n) is 16.8. The Bertz CT molecular complexity index is 1200. The van der Waals surface area contributed by atoms with Crippen LogP contribution in [0.5, 0.6) is 17.4 Å². The maximum absolute atomic E-state index is 12.9. The standard InChI is InChI=1S/C22H21N3O5S/c1-29-18-8-10-19(11-9-18)30-22-20(7-3-12-23-22)24-21(26)16-5-2-6-17(15-16)25-13-4-14-31(25,27)28/h2-3,5-12,15H,4,13-14H2,1H3,(H,24,26). The molecule has 0 saturated carbocycles. The highest BCUT2D eigenvalue weighted by molar-refractivity contribution is 7.93. The van der Waals surface area contributed by atoms with Gasteiger partial charge in [0.15, 0.2) is 0 Å². The second kappa shape index (κ2) is 8.65. The quantitative estimate of drug-likeness (QED) is 0.629. The fraction of sp³-hybridized carbons (Fsp3) is 0.182. The minimum atomic E-state index is -3.33. The molecule has 0 radical (unpaired) electrons. The summed E-state index contributed by atoms with van der Waals surface area (Å²) in [6.45, 7) is 0.413. The van der Waals surface area contributed by atoms with Gasteiger partial charge in [-0.05, 0) is 61.0 Å². The molecule has 160 valence electrons. The van der Waals surface area contributed by atoms with Crippen molar-refractivity contribution in [2.24, 2.45) is 0 Å². The first-order valence-corrected chi connectivity index (χ1v) is 11.3. The van der Waals surface area contributed by atoms with E-state index in [9.17, 15) is 13.2 Å². The van der Waals surface area contributed by atoms with Crippen molar-refractivity contribution in [3.8, 4) is 17.4 Å². The molecule has 2 aromatic carbocycles. The second-order valence-corrected chi connectivity index (χ2v) is 8.89. The van der Waals surface area contributed by atoms with Gasteiger partial charge in [-0.2, -0.15) is 0 Å². The number of hydrogen-bond acceptors (Lipinski definition) is 6. The Hall–Kier alpha value is -3.59. The number of rotatable bonds is 6. The van der Waals surface area contributed by atoms with Crippen LogP contribution in [0.4, 0.5) is 11.4 Å². The lowest BCUT2D eigenvalue weighted by atomic mass is 10.2. The van der Waals surface area contributed by atoms with Crippen LogP contribution in [0.3, 0.4) is 0 Å². The third kappa shape index (κ3) is 4.61. The highest BCUT2D eigenvalue weighted by Gasteiger charge is 2.28. The maximum Gasteiger partial charge on any atom is 0.255 e. The molecule has 2 heterocycles. The van der Waals surface area contributed by atoms with E-state index in [0.29, 0.717) is 41.4 Å². The SMILES string of the molecule is COc1ccc(Oc2ncccc2NC(=O)c2cccc(N3CCCS3(=O)=O)c2)cc1. The summed E-state index contributed by atoms with van der Waals surface area (Å²) in [6.07, 6.45) is 2.13. The highest BCUT2D eigenvalue weighted by Crippen LogP contribution is 2.29. The van der Waals surface area contributed by atoms with Gasteiger partial charge < -0.3 is 14.8 Å². The van der Waals surface area contributed by atoms with Gasteiger partial charge in [-0.15, -0.1) is 0 Å². The molecular weight excluding hydrogens is 418 g/mol. The van der Waals surface area contributed by atoms with E-state index in [2.05, 4.69) is 10.3 Å². The van der Waals surface area contributed by atoms with Crippen molar-refractivity contribution in [1.82, 2.24) is 4.98 Å². The van der Waals surface area contributed by atoms with Crippen molar-refractivity contribution in [2.45, 2.75) is 6.42 Å². The van der Waals surface area contributed by atoms with Gasteiger partial charge in [0.2, 0.25) is 15.9 Å². The molecule has 3 aromatic rings. The smallest absolute Gasteiger partial charge is 0.255 e. The van der Waals surface area contributed by atoms with Crippen molar-refractivity contribution in [3.05, 3.63) is 72.4 Å². The second-order valence-electron chi connectivity index (χ2n) is 6.88. The van der Waals surface area contributed by atoms with Gasteiger partial charge in [-0.25, -0.2) is 13.4 Å². The number of nitrogens with zero attached hydrogens (tertiary/aromatic N) is 2. The van der Waals surface area contributed by atoms with Gasteiger partial charge in [0.25, 0.3) is 5.91 Å². The largest absolute Gasteiger partial charge is 0.497 e. The number of anilines is 2. The van der Waals surface area contributed by atoms with Gasteiger partial charge in [0, 0.05) is 18.3 Å². The first kappa shape index (κ1) is 20.7. The van der Waals surface area contributed by atoms with Crippen molar-refractivity contribution in [2.75, 3.05) is 29.0 Å². The number of methoxy groups -OCH3 is 1. The summed E-state index contributed by atoms with van der Waals surface area (Å²) in [5.74, 6) is 1.19. The molecule has 1 amide bonds. The molecule has 4 rings (SSSR count). The van der Waals surface area contributed by atoms with E-state index in [1.807, 2.05) is 0 Å². The molecule has 1 fully saturated rings. The Balaban J connectivity index is 1.53. The number of sulfonamides is 1. The summed E-state index contributed by atoms with van der Waals surface area (Å²) < 4.78 is 36.7. The summed E-state index contributed by atoms with van der Waals surface area (Å²) in [4.78, 5) is 17.1. The minimum absolute atomic E-state index is 0.116. The fourth-order valence-electron chi connectivity index (χ4n) is 3.25.